The lowest BCUT2D eigenvalue weighted by Gasteiger charge is -2.37. The zero-order valence-corrected chi connectivity index (χ0v) is 14.3. The van der Waals surface area contributed by atoms with Crippen LogP contribution >= 0.6 is 0 Å². The standard InChI is InChI=1S/C12H13NO2.C4H7NO.C2H6/c1-12(2)11(14)6-9-5-8(7-13)3-4-10(9)15-12;6-4-2-1-3-5-4;1-2/h3-5,11,14H,6H2,1-2H3;1-3H2,(H,5,6);1-2H3. The summed E-state index contributed by atoms with van der Waals surface area (Å²) in [7, 11) is 0. The molecule has 1 fully saturated rings. The van der Waals surface area contributed by atoms with Crippen LogP contribution in [0.2, 0.25) is 0 Å². The molecule has 2 aliphatic heterocycles. The first kappa shape index (κ1) is 19.0. The molecule has 2 heterocycles. The number of benzene rings is 1. The van der Waals surface area contributed by atoms with Crippen molar-refractivity contribution in [1.82, 2.24) is 5.32 Å². The summed E-state index contributed by atoms with van der Waals surface area (Å²) in [5, 5.41) is 21.3. The lowest BCUT2D eigenvalue weighted by molar-refractivity contribution is -0.119. The third-order valence-electron chi connectivity index (χ3n) is 3.68. The normalized spacial score (nSPS) is 20.3. The number of hydrogen-bond donors (Lipinski definition) is 2. The zero-order chi connectivity index (χ0) is 17.5. The fourth-order valence-corrected chi connectivity index (χ4v) is 2.28. The van der Waals surface area contributed by atoms with Gasteiger partial charge in [0.15, 0.2) is 0 Å². The van der Waals surface area contributed by atoms with Gasteiger partial charge in [-0.25, -0.2) is 0 Å². The Morgan fingerprint density at radius 2 is 2.09 bits per heavy atom. The van der Waals surface area contributed by atoms with E-state index in [1.807, 2.05) is 27.7 Å². The molecule has 2 aliphatic rings. The second-order valence-electron chi connectivity index (χ2n) is 5.81. The highest BCUT2D eigenvalue weighted by molar-refractivity contribution is 5.77. The van der Waals surface area contributed by atoms with Crippen LogP contribution in [0.5, 0.6) is 5.75 Å². The molecule has 23 heavy (non-hydrogen) atoms. The van der Waals surface area contributed by atoms with Gasteiger partial charge in [-0.1, -0.05) is 13.8 Å². The minimum absolute atomic E-state index is 0.204. The highest BCUT2D eigenvalue weighted by Gasteiger charge is 2.35. The van der Waals surface area contributed by atoms with Gasteiger partial charge in [-0.3, -0.25) is 4.79 Å². The van der Waals surface area contributed by atoms with Gasteiger partial charge in [0.25, 0.3) is 0 Å². The Kier molecular flexibility index (Phi) is 7.05. The molecule has 1 unspecified atom stereocenters. The van der Waals surface area contributed by atoms with Crippen molar-refractivity contribution in [2.24, 2.45) is 0 Å². The average molecular weight is 318 g/mol. The number of nitriles is 1. The number of aliphatic hydroxyl groups is 1. The first-order valence-electron chi connectivity index (χ1n) is 8.09. The Balaban J connectivity index is 0.000000276. The monoisotopic (exact) mass is 318 g/mol. The van der Waals surface area contributed by atoms with Crippen molar-refractivity contribution in [2.75, 3.05) is 6.54 Å². The highest BCUT2D eigenvalue weighted by Crippen LogP contribution is 2.33. The van der Waals surface area contributed by atoms with Crippen LogP contribution in [0.15, 0.2) is 18.2 Å². The molecule has 1 atom stereocenters. The van der Waals surface area contributed by atoms with Crippen molar-refractivity contribution >= 4 is 5.91 Å². The topological polar surface area (TPSA) is 82.3 Å². The predicted molar refractivity (Wildman–Crippen MR) is 89.2 cm³/mol. The van der Waals surface area contributed by atoms with Crippen molar-refractivity contribution in [2.45, 2.75) is 58.7 Å². The van der Waals surface area contributed by atoms with Crippen molar-refractivity contribution in [3.8, 4) is 11.8 Å². The van der Waals surface area contributed by atoms with Crippen LogP contribution in [0.3, 0.4) is 0 Å². The molecule has 0 saturated carbocycles. The number of carbonyl (C=O) groups is 1. The lowest BCUT2D eigenvalue weighted by Crippen LogP contribution is -2.46. The van der Waals surface area contributed by atoms with Crippen LogP contribution in [-0.4, -0.2) is 29.3 Å². The number of aliphatic hydroxyl groups excluding tert-OH is 1. The van der Waals surface area contributed by atoms with Gasteiger partial charge in [-0.2, -0.15) is 5.26 Å². The number of hydrogen-bond acceptors (Lipinski definition) is 4. The van der Waals surface area contributed by atoms with E-state index in [1.54, 1.807) is 18.2 Å². The molecule has 5 heteroatoms. The molecule has 0 spiro atoms. The molecule has 0 aliphatic carbocycles. The Labute approximate surface area is 138 Å². The van der Waals surface area contributed by atoms with Crippen molar-refractivity contribution in [3.63, 3.8) is 0 Å². The van der Waals surface area contributed by atoms with Gasteiger partial charge >= 0.3 is 0 Å². The summed E-state index contributed by atoms with van der Waals surface area (Å²) in [6.07, 6.45) is 1.77. The van der Waals surface area contributed by atoms with Crippen LogP contribution in [0.1, 0.15) is 51.7 Å². The second kappa shape index (κ2) is 8.54. The smallest absolute Gasteiger partial charge is 0.220 e. The molecular formula is C18H26N2O3. The number of fused-ring (bicyclic) bond motifs is 1. The van der Waals surface area contributed by atoms with E-state index >= 15 is 0 Å². The van der Waals surface area contributed by atoms with E-state index in [4.69, 9.17) is 10.00 Å². The van der Waals surface area contributed by atoms with Crippen LogP contribution in [-0.2, 0) is 11.2 Å². The highest BCUT2D eigenvalue weighted by atomic mass is 16.5. The minimum Gasteiger partial charge on any atom is -0.485 e. The van der Waals surface area contributed by atoms with Crippen LogP contribution in [0, 0.1) is 11.3 Å². The van der Waals surface area contributed by atoms with Gasteiger partial charge in [0, 0.05) is 19.4 Å². The molecule has 126 valence electrons. The summed E-state index contributed by atoms with van der Waals surface area (Å²) < 4.78 is 5.67. The van der Waals surface area contributed by atoms with E-state index in [9.17, 15) is 9.90 Å². The lowest BCUT2D eigenvalue weighted by atomic mass is 9.90. The molecule has 1 aromatic rings. The summed E-state index contributed by atoms with van der Waals surface area (Å²) >= 11 is 0. The van der Waals surface area contributed by atoms with Gasteiger partial charge in [-0.15, -0.1) is 0 Å². The maximum Gasteiger partial charge on any atom is 0.220 e. The molecule has 3 rings (SSSR count). The first-order valence-corrected chi connectivity index (χ1v) is 8.09. The van der Waals surface area contributed by atoms with E-state index in [2.05, 4.69) is 11.4 Å². The number of ether oxygens (including phenoxy) is 1. The maximum atomic E-state index is 10.1. The molecular weight excluding hydrogens is 292 g/mol. The molecule has 1 aromatic carbocycles. The second-order valence-corrected chi connectivity index (χ2v) is 5.81. The van der Waals surface area contributed by atoms with Crippen LogP contribution in [0.4, 0.5) is 0 Å². The summed E-state index contributed by atoms with van der Waals surface area (Å²) in [4.78, 5) is 10.1. The average Bonchev–Trinajstić information content (AvgIpc) is 3.01. The maximum absolute atomic E-state index is 10.1. The van der Waals surface area contributed by atoms with Crippen LogP contribution < -0.4 is 10.1 Å². The van der Waals surface area contributed by atoms with Crippen molar-refractivity contribution in [1.29, 1.82) is 5.26 Å². The summed E-state index contributed by atoms with van der Waals surface area (Å²) in [6.45, 7) is 8.61. The number of nitrogens with zero attached hydrogens (tertiary/aromatic N) is 1. The minimum atomic E-state index is -0.554. The largest absolute Gasteiger partial charge is 0.485 e. The molecule has 5 nitrogen and oxygen atoms in total. The fourth-order valence-electron chi connectivity index (χ4n) is 2.28. The number of carbonyl (C=O) groups excluding carboxylic acids is 1. The van der Waals surface area contributed by atoms with Gasteiger partial charge in [0.05, 0.1) is 17.7 Å². The van der Waals surface area contributed by atoms with Gasteiger partial charge < -0.3 is 15.2 Å². The Morgan fingerprint density at radius 1 is 1.39 bits per heavy atom. The Morgan fingerprint density at radius 3 is 2.57 bits per heavy atom. The van der Waals surface area contributed by atoms with Crippen LogP contribution in [0.25, 0.3) is 0 Å². The quantitative estimate of drug-likeness (QED) is 0.770. The van der Waals surface area contributed by atoms with E-state index in [1.165, 1.54) is 0 Å². The molecule has 1 amide bonds. The number of amides is 1. The van der Waals surface area contributed by atoms with Gasteiger partial charge in [-0.05, 0) is 44.0 Å². The number of rotatable bonds is 0. The zero-order valence-electron chi connectivity index (χ0n) is 14.3. The van der Waals surface area contributed by atoms with E-state index in [0.717, 1.165) is 30.7 Å². The van der Waals surface area contributed by atoms with Gasteiger partial charge in [0.1, 0.15) is 11.4 Å². The predicted octanol–water partition coefficient (Wildman–Crippen LogP) is 2.56. The van der Waals surface area contributed by atoms with E-state index < -0.39 is 11.7 Å². The fraction of sp³-hybridized carbons (Fsp3) is 0.556. The third-order valence-corrected chi connectivity index (χ3v) is 3.68. The molecule has 1 saturated heterocycles. The van der Waals surface area contributed by atoms with E-state index in [-0.39, 0.29) is 5.91 Å². The number of nitrogens with one attached hydrogen (secondary N) is 1. The summed E-state index contributed by atoms with van der Waals surface area (Å²) in [5.74, 6) is 0.972. The van der Waals surface area contributed by atoms with Crippen molar-refractivity contribution < 1.29 is 14.6 Å². The first-order chi connectivity index (χ1) is 10.9. The Hall–Kier alpha value is -2.06. The van der Waals surface area contributed by atoms with Crippen molar-refractivity contribution in [3.05, 3.63) is 29.3 Å². The van der Waals surface area contributed by atoms with E-state index in [0.29, 0.717) is 12.0 Å². The molecule has 0 bridgehead atoms. The molecule has 0 aromatic heterocycles. The molecule has 0 radical (unpaired) electrons. The Bertz CT molecular complexity index is 568. The SMILES string of the molecule is CC.CC1(C)Oc2ccc(C#N)cc2CC1O.O=C1CCCN1. The summed E-state index contributed by atoms with van der Waals surface area (Å²) in [6, 6.07) is 7.37. The summed E-state index contributed by atoms with van der Waals surface area (Å²) in [5.41, 5.74) is 0.950. The molecule has 2 N–H and O–H groups in total. The third kappa shape index (κ3) is 5.26. The van der Waals surface area contributed by atoms with Gasteiger partial charge in [0.2, 0.25) is 5.91 Å².